The average molecular weight is 421 g/mol. The quantitative estimate of drug-likeness (QED) is 0.257. The molecule has 0 aliphatic rings. The summed E-state index contributed by atoms with van der Waals surface area (Å²) >= 11 is 0. The summed E-state index contributed by atoms with van der Waals surface area (Å²) in [5.41, 5.74) is 0.399. The molecule has 0 aliphatic heterocycles. The van der Waals surface area contributed by atoms with Gasteiger partial charge >= 0.3 is 11.6 Å². The molecule has 1 amide bonds. The van der Waals surface area contributed by atoms with Gasteiger partial charge < -0.3 is 19.2 Å². The summed E-state index contributed by atoms with van der Waals surface area (Å²) in [6.45, 7) is 7.61. The number of fused-ring (bicyclic) bond motifs is 1. The van der Waals surface area contributed by atoms with E-state index in [2.05, 4.69) is 25.7 Å². The van der Waals surface area contributed by atoms with Crippen molar-refractivity contribution >= 4 is 22.8 Å². The van der Waals surface area contributed by atoms with Gasteiger partial charge in [0.1, 0.15) is 22.6 Å². The molecule has 0 unspecified atom stereocenters. The number of rotatable bonds is 8. The number of nitrogens with one attached hydrogen (secondary N) is 1. The van der Waals surface area contributed by atoms with Gasteiger partial charge in [0.15, 0.2) is 6.61 Å². The second-order valence-corrected chi connectivity index (χ2v) is 7.14. The molecule has 160 valence electrons. The molecule has 0 bridgehead atoms. The molecule has 0 fully saturated rings. The van der Waals surface area contributed by atoms with Crippen LogP contribution in [-0.4, -0.2) is 25.0 Å². The molecule has 3 rings (SSSR count). The Morgan fingerprint density at radius 3 is 2.68 bits per heavy atom. The van der Waals surface area contributed by atoms with Crippen molar-refractivity contribution in [1.82, 2.24) is 5.32 Å². The minimum Gasteiger partial charge on any atom is -0.482 e. The molecule has 1 heterocycles. The number of carbonyl (C=O) groups excluding carboxylic acids is 2. The molecular formula is C24H23NO6. The van der Waals surface area contributed by atoms with Crippen molar-refractivity contribution in [3.8, 4) is 11.5 Å². The van der Waals surface area contributed by atoms with Crippen molar-refractivity contribution in [3.63, 3.8) is 0 Å². The van der Waals surface area contributed by atoms with Gasteiger partial charge in [0.25, 0.3) is 5.91 Å². The van der Waals surface area contributed by atoms with E-state index >= 15 is 0 Å². The van der Waals surface area contributed by atoms with E-state index in [9.17, 15) is 14.4 Å². The largest absolute Gasteiger partial charge is 0.482 e. The van der Waals surface area contributed by atoms with Crippen LogP contribution < -0.4 is 20.4 Å². The molecule has 1 aromatic heterocycles. The lowest BCUT2D eigenvalue weighted by molar-refractivity contribution is -0.136. The standard InChI is InChI=1S/C24H23NO6/c1-4-10-25-23(27)20-12-17-8-9-19(13-21(17)31-24(20)28)30-22(26)14-29-18-7-5-6-16(11-18)15(2)3/h4-9,11-13,15H,1,10,14H2,2-3H3,(H,25,27). The third kappa shape index (κ3) is 5.60. The van der Waals surface area contributed by atoms with E-state index in [0.717, 1.165) is 5.56 Å². The molecule has 0 aliphatic carbocycles. The topological polar surface area (TPSA) is 94.8 Å². The Bertz CT molecular complexity index is 1180. The first kappa shape index (κ1) is 21.8. The Morgan fingerprint density at radius 2 is 1.94 bits per heavy atom. The zero-order chi connectivity index (χ0) is 22.4. The summed E-state index contributed by atoms with van der Waals surface area (Å²) in [6.07, 6.45) is 1.51. The highest BCUT2D eigenvalue weighted by atomic mass is 16.6. The number of amides is 1. The molecule has 0 atom stereocenters. The summed E-state index contributed by atoms with van der Waals surface area (Å²) in [5.74, 6) is -0.0305. The van der Waals surface area contributed by atoms with Crippen molar-refractivity contribution in [3.05, 3.63) is 82.7 Å². The number of hydrogen-bond donors (Lipinski definition) is 1. The van der Waals surface area contributed by atoms with Gasteiger partial charge in [0.05, 0.1) is 0 Å². The molecule has 0 saturated carbocycles. The van der Waals surface area contributed by atoms with Crippen LogP contribution in [0.1, 0.15) is 35.7 Å². The van der Waals surface area contributed by atoms with Crippen LogP contribution in [0.3, 0.4) is 0 Å². The maximum atomic E-state index is 12.2. The van der Waals surface area contributed by atoms with E-state index in [1.165, 1.54) is 18.2 Å². The van der Waals surface area contributed by atoms with Gasteiger partial charge in [0, 0.05) is 18.0 Å². The Hall–Kier alpha value is -3.87. The predicted octanol–water partition coefficient (Wildman–Crippen LogP) is 3.82. The summed E-state index contributed by atoms with van der Waals surface area (Å²) < 4.78 is 16.0. The lowest BCUT2D eigenvalue weighted by Gasteiger charge is -2.10. The molecule has 7 heteroatoms. The van der Waals surface area contributed by atoms with Crippen LogP contribution >= 0.6 is 0 Å². The van der Waals surface area contributed by atoms with E-state index in [4.69, 9.17) is 13.9 Å². The van der Waals surface area contributed by atoms with E-state index in [1.54, 1.807) is 18.2 Å². The van der Waals surface area contributed by atoms with Crippen molar-refractivity contribution < 1.29 is 23.5 Å². The summed E-state index contributed by atoms with van der Waals surface area (Å²) in [7, 11) is 0. The number of esters is 1. The number of benzene rings is 2. The zero-order valence-electron chi connectivity index (χ0n) is 17.3. The van der Waals surface area contributed by atoms with E-state index < -0.39 is 17.5 Å². The highest BCUT2D eigenvalue weighted by Crippen LogP contribution is 2.22. The van der Waals surface area contributed by atoms with Gasteiger partial charge in [-0.15, -0.1) is 6.58 Å². The minimum atomic E-state index is -0.786. The molecule has 7 nitrogen and oxygen atoms in total. The van der Waals surface area contributed by atoms with Crippen molar-refractivity contribution in [2.45, 2.75) is 19.8 Å². The molecule has 31 heavy (non-hydrogen) atoms. The summed E-state index contributed by atoms with van der Waals surface area (Å²) in [4.78, 5) is 36.3. The van der Waals surface area contributed by atoms with Crippen molar-refractivity contribution in [2.24, 2.45) is 0 Å². The first-order valence-corrected chi connectivity index (χ1v) is 9.78. The molecular weight excluding hydrogens is 398 g/mol. The molecule has 2 aromatic carbocycles. The Labute approximate surface area is 179 Å². The third-order valence-electron chi connectivity index (χ3n) is 4.47. The lowest BCUT2D eigenvalue weighted by Crippen LogP contribution is -2.28. The SMILES string of the molecule is C=CCNC(=O)c1cc2ccc(OC(=O)COc3cccc(C(C)C)c3)cc2oc1=O. The van der Waals surface area contributed by atoms with Gasteiger partial charge in [-0.3, -0.25) is 4.79 Å². The Kier molecular flexibility index (Phi) is 6.87. The number of hydrogen-bond acceptors (Lipinski definition) is 6. The minimum absolute atomic E-state index is 0.115. The number of carbonyl (C=O) groups is 2. The highest BCUT2D eigenvalue weighted by Gasteiger charge is 2.14. The smallest absolute Gasteiger partial charge is 0.349 e. The van der Waals surface area contributed by atoms with Crippen LogP contribution in [0.2, 0.25) is 0 Å². The molecule has 1 N–H and O–H groups in total. The van der Waals surface area contributed by atoms with E-state index in [0.29, 0.717) is 17.1 Å². The molecule has 0 spiro atoms. The van der Waals surface area contributed by atoms with Gasteiger partial charge in [-0.1, -0.05) is 32.1 Å². The van der Waals surface area contributed by atoms with Crippen LogP contribution in [0.4, 0.5) is 0 Å². The van der Waals surface area contributed by atoms with Crippen LogP contribution in [0, 0.1) is 0 Å². The predicted molar refractivity (Wildman–Crippen MR) is 117 cm³/mol. The van der Waals surface area contributed by atoms with Crippen molar-refractivity contribution in [1.29, 1.82) is 0 Å². The molecule has 0 radical (unpaired) electrons. The lowest BCUT2D eigenvalue weighted by atomic mass is 10.0. The fraction of sp³-hybridized carbons (Fsp3) is 0.208. The number of ether oxygens (including phenoxy) is 2. The molecule has 0 saturated heterocycles. The molecule has 3 aromatic rings. The summed E-state index contributed by atoms with van der Waals surface area (Å²) in [6, 6.07) is 13.5. The van der Waals surface area contributed by atoms with Gasteiger partial charge in [-0.25, -0.2) is 9.59 Å². The van der Waals surface area contributed by atoms with Crippen LogP contribution in [0.5, 0.6) is 11.5 Å². The maximum Gasteiger partial charge on any atom is 0.349 e. The fourth-order valence-corrected chi connectivity index (χ4v) is 2.84. The first-order chi connectivity index (χ1) is 14.9. The first-order valence-electron chi connectivity index (χ1n) is 9.78. The zero-order valence-corrected chi connectivity index (χ0v) is 17.3. The Balaban J connectivity index is 1.68. The van der Waals surface area contributed by atoms with Gasteiger partial charge in [0.2, 0.25) is 0 Å². The van der Waals surface area contributed by atoms with Crippen molar-refractivity contribution in [2.75, 3.05) is 13.2 Å². The fourth-order valence-electron chi connectivity index (χ4n) is 2.84. The maximum absolute atomic E-state index is 12.2. The normalized spacial score (nSPS) is 10.7. The third-order valence-corrected chi connectivity index (χ3v) is 4.47. The van der Waals surface area contributed by atoms with Crippen LogP contribution in [0.25, 0.3) is 11.0 Å². The van der Waals surface area contributed by atoms with Crippen LogP contribution in [0.15, 0.2) is 70.4 Å². The highest BCUT2D eigenvalue weighted by molar-refractivity contribution is 5.96. The van der Waals surface area contributed by atoms with Gasteiger partial charge in [-0.05, 0) is 41.8 Å². The van der Waals surface area contributed by atoms with Gasteiger partial charge in [-0.2, -0.15) is 0 Å². The second kappa shape index (κ2) is 9.75. The monoisotopic (exact) mass is 421 g/mol. The van der Waals surface area contributed by atoms with E-state index in [1.807, 2.05) is 18.2 Å². The van der Waals surface area contributed by atoms with E-state index in [-0.39, 0.29) is 30.0 Å². The van der Waals surface area contributed by atoms with Crippen LogP contribution in [-0.2, 0) is 4.79 Å². The Morgan fingerprint density at radius 1 is 1.13 bits per heavy atom. The summed E-state index contributed by atoms with van der Waals surface area (Å²) in [5, 5.41) is 3.05. The average Bonchev–Trinajstić information content (AvgIpc) is 2.75. The second-order valence-electron chi connectivity index (χ2n) is 7.14.